The molecule has 0 aliphatic heterocycles. The van der Waals surface area contributed by atoms with Crippen molar-refractivity contribution in [2.75, 3.05) is 0 Å². The SMILES string of the molecule is O=C(CCc1cnn(-c2ccccc2)c1)NCc1nc(-c2ccccc2)cs1. The first-order chi connectivity index (χ1) is 13.8. The van der Waals surface area contributed by atoms with E-state index in [1.165, 1.54) is 0 Å². The Morgan fingerprint density at radius 3 is 2.57 bits per heavy atom. The summed E-state index contributed by atoms with van der Waals surface area (Å²) in [5, 5.41) is 10.2. The average Bonchev–Trinajstić information content (AvgIpc) is 3.42. The average molecular weight is 388 g/mol. The van der Waals surface area contributed by atoms with E-state index >= 15 is 0 Å². The molecule has 0 atom stereocenters. The maximum absolute atomic E-state index is 12.2. The van der Waals surface area contributed by atoms with Crippen LogP contribution >= 0.6 is 11.3 Å². The fraction of sp³-hybridized carbons (Fsp3) is 0.136. The minimum Gasteiger partial charge on any atom is -0.350 e. The third-order valence-electron chi connectivity index (χ3n) is 4.36. The summed E-state index contributed by atoms with van der Waals surface area (Å²) in [6, 6.07) is 20.0. The number of para-hydroxylation sites is 1. The van der Waals surface area contributed by atoms with Gasteiger partial charge in [-0.3, -0.25) is 4.79 Å². The second kappa shape index (κ2) is 8.63. The van der Waals surface area contributed by atoms with Crippen LogP contribution in [0.1, 0.15) is 17.0 Å². The van der Waals surface area contributed by atoms with Gasteiger partial charge in [0, 0.05) is 23.6 Å². The van der Waals surface area contributed by atoms with Crippen LogP contribution in [0.4, 0.5) is 0 Å². The van der Waals surface area contributed by atoms with Gasteiger partial charge in [-0.1, -0.05) is 48.5 Å². The van der Waals surface area contributed by atoms with Gasteiger partial charge in [-0.15, -0.1) is 11.3 Å². The van der Waals surface area contributed by atoms with Gasteiger partial charge in [0.15, 0.2) is 0 Å². The molecule has 1 amide bonds. The highest BCUT2D eigenvalue weighted by atomic mass is 32.1. The molecule has 0 bridgehead atoms. The molecule has 4 rings (SSSR count). The van der Waals surface area contributed by atoms with Crippen LogP contribution in [0.15, 0.2) is 78.4 Å². The first-order valence-corrected chi connectivity index (χ1v) is 10.0. The smallest absolute Gasteiger partial charge is 0.220 e. The molecule has 140 valence electrons. The second-order valence-corrected chi connectivity index (χ2v) is 7.34. The van der Waals surface area contributed by atoms with Crippen LogP contribution in [0.5, 0.6) is 0 Å². The van der Waals surface area contributed by atoms with Crippen LogP contribution < -0.4 is 5.32 Å². The summed E-state index contributed by atoms with van der Waals surface area (Å²) < 4.78 is 1.83. The van der Waals surface area contributed by atoms with E-state index in [9.17, 15) is 4.79 Å². The van der Waals surface area contributed by atoms with Crippen molar-refractivity contribution in [1.29, 1.82) is 0 Å². The fourth-order valence-corrected chi connectivity index (χ4v) is 3.61. The lowest BCUT2D eigenvalue weighted by Gasteiger charge is -2.02. The second-order valence-electron chi connectivity index (χ2n) is 6.40. The number of nitrogens with one attached hydrogen (secondary N) is 1. The fourth-order valence-electron chi connectivity index (χ4n) is 2.87. The highest BCUT2D eigenvalue weighted by Crippen LogP contribution is 2.21. The zero-order valence-corrected chi connectivity index (χ0v) is 16.1. The molecule has 0 radical (unpaired) electrons. The van der Waals surface area contributed by atoms with Gasteiger partial charge in [0.1, 0.15) is 5.01 Å². The molecule has 0 saturated heterocycles. The maximum Gasteiger partial charge on any atom is 0.220 e. The minimum atomic E-state index is 0.0175. The molecular weight excluding hydrogens is 368 g/mol. The number of nitrogens with zero attached hydrogens (tertiary/aromatic N) is 3. The molecule has 0 fully saturated rings. The van der Waals surface area contributed by atoms with Gasteiger partial charge in [0.2, 0.25) is 5.91 Å². The van der Waals surface area contributed by atoms with Crippen molar-refractivity contribution in [3.63, 3.8) is 0 Å². The summed E-state index contributed by atoms with van der Waals surface area (Å²) in [6.07, 6.45) is 4.87. The van der Waals surface area contributed by atoms with Crippen molar-refractivity contribution in [3.05, 3.63) is 89.0 Å². The van der Waals surface area contributed by atoms with E-state index in [0.717, 1.165) is 27.5 Å². The van der Waals surface area contributed by atoms with Crippen LogP contribution in [0.2, 0.25) is 0 Å². The number of aromatic nitrogens is 3. The third-order valence-corrected chi connectivity index (χ3v) is 5.20. The highest BCUT2D eigenvalue weighted by molar-refractivity contribution is 7.09. The Morgan fingerprint density at radius 1 is 1.04 bits per heavy atom. The first-order valence-electron chi connectivity index (χ1n) is 9.13. The number of carbonyl (C=O) groups excluding carboxylic acids is 1. The lowest BCUT2D eigenvalue weighted by molar-refractivity contribution is -0.121. The number of thiazole rings is 1. The zero-order chi connectivity index (χ0) is 19.2. The summed E-state index contributed by atoms with van der Waals surface area (Å²) in [6.45, 7) is 0.458. The molecule has 0 aliphatic rings. The highest BCUT2D eigenvalue weighted by Gasteiger charge is 2.08. The Labute approximate surface area is 167 Å². The Balaban J connectivity index is 1.26. The molecule has 5 nitrogen and oxygen atoms in total. The lowest BCUT2D eigenvalue weighted by Crippen LogP contribution is -2.22. The maximum atomic E-state index is 12.2. The van der Waals surface area contributed by atoms with Crippen molar-refractivity contribution in [2.24, 2.45) is 0 Å². The molecule has 4 aromatic rings. The first kappa shape index (κ1) is 18.1. The van der Waals surface area contributed by atoms with Crippen LogP contribution in [0.25, 0.3) is 16.9 Å². The number of hydrogen-bond acceptors (Lipinski definition) is 4. The van der Waals surface area contributed by atoms with Gasteiger partial charge in [0.25, 0.3) is 0 Å². The summed E-state index contributed by atoms with van der Waals surface area (Å²) in [5.41, 5.74) is 4.09. The topological polar surface area (TPSA) is 59.8 Å². The summed E-state index contributed by atoms with van der Waals surface area (Å²) in [7, 11) is 0. The summed E-state index contributed by atoms with van der Waals surface area (Å²) in [4.78, 5) is 16.8. The predicted octanol–water partition coefficient (Wildman–Crippen LogP) is 4.24. The molecule has 6 heteroatoms. The number of carbonyl (C=O) groups is 1. The van der Waals surface area contributed by atoms with Gasteiger partial charge in [0.05, 0.1) is 24.1 Å². The lowest BCUT2D eigenvalue weighted by atomic mass is 10.2. The monoisotopic (exact) mass is 388 g/mol. The summed E-state index contributed by atoms with van der Waals surface area (Å²) >= 11 is 1.56. The van der Waals surface area contributed by atoms with E-state index in [2.05, 4.69) is 15.4 Å². The molecule has 0 saturated carbocycles. The Morgan fingerprint density at radius 2 is 1.79 bits per heavy atom. The molecule has 0 spiro atoms. The normalized spacial score (nSPS) is 10.7. The van der Waals surface area contributed by atoms with E-state index in [1.807, 2.05) is 83.1 Å². The standard InChI is InChI=1S/C22H20N4OS/c27-21(12-11-17-13-24-26(15-17)19-9-5-2-6-10-19)23-14-22-25-20(16-28-22)18-7-3-1-4-8-18/h1-10,13,15-16H,11-12,14H2,(H,23,27). The van der Waals surface area contributed by atoms with E-state index in [0.29, 0.717) is 19.4 Å². The molecule has 0 unspecified atom stereocenters. The van der Waals surface area contributed by atoms with Crippen molar-refractivity contribution in [1.82, 2.24) is 20.1 Å². The van der Waals surface area contributed by atoms with E-state index in [-0.39, 0.29) is 5.91 Å². The van der Waals surface area contributed by atoms with Crippen molar-refractivity contribution >= 4 is 17.2 Å². The van der Waals surface area contributed by atoms with Gasteiger partial charge < -0.3 is 5.32 Å². The zero-order valence-electron chi connectivity index (χ0n) is 15.3. The summed E-state index contributed by atoms with van der Waals surface area (Å²) in [5.74, 6) is 0.0175. The number of benzene rings is 2. The van der Waals surface area contributed by atoms with Crippen molar-refractivity contribution < 1.29 is 4.79 Å². The van der Waals surface area contributed by atoms with Crippen LogP contribution in [-0.4, -0.2) is 20.7 Å². The molecule has 2 aromatic heterocycles. The van der Waals surface area contributed by atoms with E-state index in [4.69, 9.17) is 0 Å². The molecule has 2 aromatic carbocycles. The quantitative estimate of drug-likeness (QED) is 0.515. The van der Waals surface area contributed by atoms with Gasteiger partial charge >= 0.3 is 0 Å². The van der Waals surface area contributed by atoms with Crippen LogP contribution in [0.3, 0.4) is 0 Å². The number of hydrogen-bond donors (Lipinski definition) is 1. The van der Waals surface area contributed by atoms with Gasteiger partial charge in [-0.25, -0.2) is 9.67 Å². The number of amides is 1. The number of aryl methyl sites for hydroxylation is 1. The van der Waals surface area contributed by atoms with Crippen LogP contribution in [-0.2, 0) is 17.8 Å². The van der Waals surface area contributed by atoms with E-state index < -0.39 is 0 Å². The number of rotatable bonds is 7. The predicted molar refractivity (Wildman–Crippen MR) is 111 cm³/mol. The molecule has 28 heavy (non-hydrogen) atoms. The Hall–Kier alpha value is -3.25. The minimum absolute atomic E-state index is 0.0175. The Kier molecular flexibility index (Phi) is 5.58. The molecular formula is C22H20N4OS. The molecule has 0 aliphatic carbocycles. The van der Waals surface area contributed by atoms with Gasteiger partial charge in [-0.05, 0) is 24.1 Å². The molecule has 2 heterocycles. The van der Waals surface area contributed by atoms with Gasteiger partial charge in [-0.2, -0.15) is 5.10 Å². The molecule has 1 N–H and O–H groups in total. The third kappa shape index (κ3) is 4.53. The van der Waals surface area contributed by atoms with Crippen LogP contribution in [0, 0.1) is 0 Å². The van der Waals surface area contributed by atoms with Crippen molar-refractivity contribution in [3.8, 4) is 16.9 Å². The largest absolute Gasteiger partial charge is 0.350 e. The Bertz CT molecular complexity index is 957. The van der Waals surface area contributed by atoms with E-state index in [1.54, 1.807) is 11.3 Å². The van der Waals surface area contributed by atoms with Crippen molar-refractivity contribution in [2.45, 2.75) is 19.4 Å².